The van der Waals surface area contributed by atoms with E-state index in [0.29, 0.717) is 17.5 Å². The van der Waals surface area contributed by atoms with E-state index in [1.807, 2.05) is 42.5 Å². The largest absolute Gasteiger partial charge is 0.329 e. The second kappa shape index (κ2) is 8.61. The van der Waals surface area contributed by atoms with E-state index in [9.17, 15) is 14.4 Å². The highest BCUT2D eigenvalue weighted by atomic mass is 16.2. The summed E-state index contributed by atoms with van der Waals surface area (Å²) in [4.78, 5) is 37.6. The molecule has 1 aliphatic heterocycles. The molecule has 0 atom stereocenters. The zero-order chi connectivity index (χ0) is 20.9. The third-order valence-corrected chi connectivity index (χ3v) is 4.97. The van der Waals surface area contributed by atoms with E-state index in [1.165, 1.54) is 0 Å². The minimum atomic E-state index is -0.412. The molecule has 0 saturated carbocycles. The lowest BCUT2D eigenvalue weighted by Crippen LogP contribution is -2.30. The van der Waals surface area contributed by atoms with Gasteiger partial charge in [-0.05, 0) is 41.3 Å². The van der Waals surface area contributed by atoms with Crippen LogP contribution in [0.1, 0.15) is 27.0 Å². The van der Waals surface area contributed by atoms with E-state index in [1.54, 1.807) is 24.3 Å². The van der Waals surface area contributed by atoms with Crippen molar-refractivity contribution in [3.8, 4) is 0 Å². The van der Waals surface area contributed by atoms with E-state index in [4.69, 9.17) is 0 Å². The zero-order valence-electron chi connectivity index (χ0n) is 16.3. The van der Waals surface area contributed by atoms with Crippen LogP contribution < -0.4 is 10.6 Å². The second-order valence-electron chi connectivity index (χ2n) is 7.11. The molecular formula is C24H21N3O3. The maximum absolute atomic E-state index is 12.9. The first-order chi connectivity index (χ1) is 14.6. The fourth-order valence-electron chi connectivity index (χ4n) is 3.42. The minimum Gasteiger partial charge on any atom is -0.329 e. The Bertz CT molecular complexity index is 1080. The number of anilines is 1. The van der Waals surface area contributed by atoms with Gasteiger partial charge in [-0.15, -0.1) is 0 Å². The molecule has 6 nitrogen and oxygen atoms in total. The Morgan fingerprint density at radius 2 is 1.63 bits per heavy atom. The maximum Gasteiger partial charge on any atom is 0.324 e. The Kier molecular flexibility index (Phi) is 5.57. The first-order valence-electron chi connectivity index (χ1n) is 9.70. The summed E-state index contributed by atoms with van der Waals surface area (Å²) in [5, 5.41) is 5.48. The van der Waals surface area contributed by atoms with Crippen LogP contribution in [0.4, 0.5) is 10.5 Å². The number of carbonyl (C=O) groups excluding carboxylic acids is 3. The quantitative estimate of drug-likeness (QED) is 0.622. The molecule has 0 radical (unpaired) electrons. The number of carbonyl (C=O) groups is 3. The van der Waals surface area contributed by atoms with Crippen molar-refractivity contribution < 1.29 is 14.4 Å². The first kappa shape index (κ1) is 19.4. The van der Waals surface area contributed by atoms with Crippen LogP contribution in [0, 0.1) is 0 Å². The highest BCUT2D eigenvalue weighted by molar-refractivity contribution is 6.05. The SMILES string of the molecule is O=C(Nc1ccccc1Cc1ccccc1)c1cccc(CN2C(=O)CNC2=O)c1. The van der Waals surface area contributed by atoms with E-state index in [-0.39, 0.29) is 24.9 Å². The zero-order valence-corrected chi connectivity index (χ0v) is 16.3. The van der Waals surface area contributed by atoms with Crippen LogP contribution >= 0.6 is 0 Å². The maximum atomic E-state index is 12.9. The molecule has 1 saturated heterocycles. The summed E-state index contributed by atoms with van der Waals surface area (Å²) in [5.41, 5.74) is 4.12. The molecule has 0 aliphatic carbocycles. The number of para-hydroxylation sites is 1. The van der Waals surface area contributed by atoms with Gasteiger partial charge >= 0.3 is 6.03 Å². The summed E-state index contributed by atoms with van der Waals surface area (Å²) < 4.78 is 0. The molecule has 1 aliphatic rings. The van der Waals surface area contributed by atoms with Gasteiger partial charge in [0.25, 0.3) is 5.91 Å². The van der Waals surface area contributed by atoms with Crippen LogP contribution in [0.2, 0.25) is 0 Å². The summed E-state index contributed by atoms with van der Waals surface area (Å²) in [6, 6.07) is 24.3. The smallest absolute Gasteiger partial charge is 0.324 e. The van der Waals surface area contributed by atoms with E-state index in [2.05, 4.69) is 22.8 Å². The Morgan fingerprint density at radius 1 is 0.900 bits per heavy atom. The molecule has 1 fully saturated rings. The van der Waals surface area contributed by atoms with Gasteiger partial charge < -0.3 is 10.6 Å². The standard InChI is InChI=1S/C24H21N3O3/c28-22-15-25-24(30)27(22)16-18-9-6-11-20(14-18)23(29)26-21-12-5-4-10-19(21)13-17-7-2-1-3-8-17/h1-12,14H,13,15-16H2,(H,25,30)(H,26,29). The predicted octanol–water partition coefficient (Wildman–Crippen LogP) is 3.58. The van der Waals surface area contributed by atoms with Gasteiger partial charge in [-0.2, -0.15) is 0 Å². The number of imide groups is 1. The number of urea groups is 1. The van der Waals surface area contributed by atoms with E-state index >= 15 is 0 Å². The van der Waals surface area contributed by atoms with Crippen molar-refractivity contribution in [2.45, 2.75) is 13.0 Å². The highest BCUT2D eigenvalue weighted by Gasteiger charge is 2.28. The third-order valence-electron chi connectivity index (χ3n) is 4.97. The number of amides is 4. The van der Waals surface area contributed by atoms with Gasteiger partial charge in [-0.25, -0.2) is 4.79 Å². The van der Waals surface area contributed by atoms with Gasteiger partial charge in [-0.3, -0.25) is 14.5 Å². The molecule has 2 N–H and O–H groups in total. The summed E-state index contributed by atoms with van der Waals surface area (Å²) in [7, 11) is 0. The Balaban J connectivity index is 1.50. The molecular weight excluding hydrogens is 378 g/mol. The summed E-state index contributed by atoms with van der Waals surface area (Å²) in [6.45, 7) is 0.146. The molecule has 1 heterocycles. The number of benzene rings is 3. The topological polar surface area (TPSA) is 78.5 Å². The molecule has 3 aromatic carbocycles. The number of hydrogen-bond acceptors (Lipinski definition) is 3. The van der Waals surface area contributed by atoms with Crippen molar-refractivity contribution in [1.29, 1.82) is 0 Å². The van der Waals surface area contributed by atoms with Gasteiger partial charge in [0.1, 0.15) is 0 Å². The Hall–Kier alpha value is -3.93. The molecule has 0 bridgehead atoms. The van der Waals surface area contributed by atoms with Crippen molar-refractivity contribution in [3.63, 3.8) is 0 Å². The van der Waals surface area contributed by atoms with Crippen LogP contribution in [0.5, 0.6) is 0 Å². The molecule has 0 aromatic heterocycles. The molecule has 4 amide bonds. The highest BCUT2D eigenvalue weighted by Crippen LogP contribution is 2.20. The van der Waals surface area contributed by atoms with Gasteiger partial charge in [0, 0.05) is 11.3 Å². The average Bonchev–Trinajstić information content (AvgIpc) is 3.08. The lowest BCUT2D eigenvalue weighted by Gasteiger charge is -2.14. The molecule has 0 spiro atoms. The lowest BCUT2D eigenvalue weighted by molar-refractivity contribution is -0.125. The Morgan fingerprint density at radius 3 is 2.40 bits per heavy atom. The normalized spacial score (nSPS) is 13.3. The van der Waals surface area contributed by atoms with E-state index in [0.717, 1.165) is 21.7 Å². The molecule has 150 valence electrons. The summed E-state index contributed by atoms with van der Waals surface area (Å²) in [5.74, 6) is -0.515. The molecule has 6 heteroatoms. The van der Waals surface area contributed by atoms with Crippen molar-refractivity contribution in [1.82, 2.24) is 10.2 Å². The molecule has 0 unspecified atom stereocenters. The summed E-state index contributed by atoms with van der Waals surface area (Å²) in [6.07, 6.45) is 0.712. The third kappa shape index (κ3) is 4.38. The Labute approximate surface area is 174 Å². The number of hydrogen-bond donors (Lipinski definition) is 2. The molecule has 3 aromatic rings. The number of rotatable bonds is 6. The predicted molar refractivity (Wildman–Crippen MR) is 114 cm³/mol. The van der Waals surface area contributed by atoms with Gasteiger partial charge in [0.2, 0.25) is 5.91 Å². The average molecular weight is 399 g/mol. The van der Waals surface area contributed by atoms with Crippen molar-refractivity contribution in [2.24, 2.45) is 0 Å². The number of nitrogens with one attached hydrogen (secondary N) is 2. The van der Waals surface area contributed by atoms with Crippen LogP contribution in [-0.2, 0) is 17.8 Å². The van der Waals surface area contributed by atoms with Gasteiger partial charge in [0.15, 0.2) is 0 Å². The monoisotopic (exact) mass is 399 g/mol. The van der Waals surface area contributed by atoms with Crippen molar-refractivity contribution >= 4 is 23.5 Å². The lowest BCUT2D eigenvalue weighted by atomic mass is 10.0. The molecule has 30 heavy (non-hydrogen) atoms. The fraction of sp³-hybridized carbons (Fsp3) is 0.125. The van der Waals surface area contributed by atoms with Gasteiger partial charge in [0.05, 0.1) is 13.1 Å². The van der Waals surface area contributed by atoms with Crippen molar-refractivity contribution in [3.05, 3.63) is 101 Å². The van der Waals surface area contributed by atoms with Crippen LogP contribution in [-0.4, -0.2) is 29.3 Å². The van der Waals surface area contributed by atoms with Gasteiger partial charge in [-0.1, -0.05) is 60.7 Å². The fourth-order valence-corrected chi connectivity index (χ4v) is 3.42. The van der Waals surface area contributed by atoms with Crippen molar-refractivity contribution in [2.75, 3.05) is 11.9 Å². The van der Waals surface area contributed by atoms with E-state index < -0.39 is 6.03 Å². The molecule has 4 rings (SSSR count). The van der Waals surface area contributed by atoms with Crippen LogP contribution in [0.25, 0.3) is 0 Å². The number of nitrogens with zero attached hydrogens (tertiary/aromatic N) is 1. The second-order valence-corrected chi connectivity index (χ2v) is 7.11. The minimum absolute atomic E-state index is 0.0111. The van der Waals surface area contributed by atoms with Crippen LogP contribution in [0.3, 0.4) is 0 Å². The summed E-state index contributed by atoms with van der Waals surface area (Å²) >= 11 is 0. The first-order valence-corrected chi connectivity index (χ1v) is 9.70. The van der Waals surface area contributed by atoms with Crippen LogP contribution in [0.15, 0.2) is 78.9 Å².